The van der Waals surface area contributed by atoms with Crippen molar-refractivity contribution in [3.8, 4) is 67.5 Å². The Bertz CT molecular complexity index is 3640. The second kappa shape index (κ2) is 14.2. The standard InChI is InChI=1S/C55H32ClN3O2/c56-47-32-51-46(31-45(47)37-24-22-36(23-25-37)41-16-8-13-35-12-4-5-14-40(35)41)52-44(17-9-19-49(52)61-51)55-58-53(38-26-20-34(21-27-38)33-10-2-1-3-11-33)57-54(59-55)39-28-29-43-42-15-6-7-18-48(42)60-50(43)30-39/h1-32H. The molecule has 12 aromatic rings. The fraction of sp³-hybridized carbons (Fsp3) is 0. The van der Waals surface area contributed by atoms with Crippen molar-refractivity contribution >= 4 is 66.3 Å². The minimum Gasteiger partial charge on any atom is -0.456 e. The fourth-order valence-corrected chi connectivity index (χ4v) is 8.89. The maximum absolute atomic E-state index is 7.05. The molecule has 0 aliphatic heterocycles. The molecule has 0 atom stereocenters. The van der Waals surface area contributed by atoms with Crippen LogP contribution < -0.4 is 0 Å². The topological polar surface area (TPSA) is 65.0 Å². The summed E-state index contributed by atoms with van der Waals surface area (Å²) in [6.07, 6.45) is 0. The van der Waals surface area contributed by atoms with Crippen molar-refractivity contribution < 1.29 is 8.83 Å². The predicted molar refractivity (Wildman–Crippen MR) is 250 cm³/mol. The smallest absolute Gasteiger partial charge is 0.164 e. The zero-order valence-electron chi connectivity index (χ0n) is 32.5. The lowest BCUT2D eigenvalue weighted by Crippen LogP contribution is -2.00. The molecule has 0 fully saturated rings. The van der Waals surface area contributed by atoms with E-state index in [1.807, 2.05) is 66.7 Å². The number of aromatic nitrogens is 3. The van der Waals surface area contributed by atoms with Gasteiger partial charge in [0.2, 0.25) is 0 Å². The van der Waals surface area contributed by atoms with Gasteiger partial charge in [0.05, 0.1) is 5.02 Å². The summed E-state index contributed by atoms with van der Waals surface area (Å²) >= 11 is 7.05. The highest BCUT2D eigenvalue weighted by atomic mass is 35.5. The van der Waals surface area contributed by atoms with Gasteiger partial charge in [-0.3, -0.25) is 0 Å². The molecule has 9 aromatic carbocycles. The van der Waals surface area contributed by atoms with Gasteiger partial charge in [-0.1, -0.05) is 169 Å². The molecule has 3 heterocycles. The quantitative estimate of drug-likeness (QED) is 0.168. The molecule has 0 radical (unpaired) electrons. The summed E-state index contributed by atoms with van der Waals surface area (Å²) in [6.45, 7) is 0. The van der Waals surface area contributed by atoms with Crippen molar-refractivity contribution in [3.05, 3.63) is 199 Å². The van der Waals surface area contributed by atoms with E-state index in [0.717, 1.165) is 77.2 Å². The molecule has 0 aliphatic rings. The molecule has 5 nitrogen and oxygen atoms in total. The van der Waals surface area contributed by atoms with Crippen LogP contribution >= 0.6 is 11.6 Å². The first-order valence-corrected chi connectivity index (χ1v) is 20.6. The Balaban J connectivity index is 1.01. The van der Waals surface area contributed by atoms with Gasteiger partial charge in [-0.2, -0.15) is 0 Å². The van der Waals surface area contributed by atoms with E-state index in [1.165, 1.54) is 16.3 Å². The molecule has 0 spiro atoms. The SMILES string of the molecule is Clc1cc2oc3cccc(-c4nc(-c5ccc(-c6ccccc6)cc5)nc(-c5ccc6c(c5)oc5ccccc56)n4)c3c2cc1-c1ccc(-c2cccc3ccccc23)cc1. The maximum atomic E-state index is 7.05. The molecule has 61 heavy (non-hydrogen) atoms. The van der Waals surface area contributed by atoms with Crippen LogP contribution in [0, 0.1) is 0 Å². The number of para-hydroxylation sites is 1. The van der Waals surface area contributed by atoms with Crippen LogP contribution in [0.3, 0.4) is 0 Å². The molecule has 0 unspecified atom stereocenters. The molecule has 0 aliphatic carbocycles. The van der Waals surface area contributed by atoms with Crippen molar-refractivity contribution in [2.75, 3.05) is 0 Å². The largest absolute Gasteiger partial charge is 0.456 e. The summed E-state index contributed by atoms with van der Waals surface area (Å²) in [7, 11) is 0. The van der Waals surface area contributed by atoms with Crippen LogP contribution in [0.15, 0.2) is 203 Å². The second-order valence-corrected chi connectivity index (χ2v) is 15.7. The van der Waals surface area contributed by atoms with Crippen LogP contribution in [0.5, 0.6) is 0 Å². The molecular formula is C55H32ClN3O2. The molecule has 0 amide bonds. The number of nitrogens with zero attached hydrogens (tertiary/aromatic N) is 3. The first-order valence-electron chi connectivity index (χ1n) is 20.2. The van der Waals surface area contributed by atoms with E-state index in [9.17, 15) is 0 Å². The predicted octanol–water partition coefficient (Wildman–Crippen LogP) is 15.5. The lowest BCUT2D eigenvalue weighted by Gasteiger charge is -2.11. The van der Waals surface area contributed by atoms with Gasteiger partial charge < -0.3 is 8.83 Å². The Kier molecular flexibility index (Phi) is 8.15. The molecular weight excluding hydrogens is 770 g/mol. The molecule has 0 saturated heterocycles. The van der Waals surface area contributed by atoms with E-state index in [4.69, 9.17) is 35.4 Å². The number of hydrogen-bond donors (Lipinski definition) is 0. The van der Waals surface area contributed by atoms with Gasteiger partial charge in [0.15, 0.2) is 17.5 Å². The van der Waals surface area contributed by atoms with Gasteiger partial charge in [0.1, 0.15) is 22.3 Å². The summed E-state index contributed by atoms with van der Waals surface area (Å²) in [5, 5.41) is 6.97. The average molecular weight is 802 g/mol. The van der Waals surface area contributed by atoms with Crippen molar-refractivity contribution in [3.63, 3.8) is 0 Å². The first kappa shape index (κ1) is 35.1. The summed E-state index contributed by atoms with van der Waals surface area (Å²) in [6, 6.07) is 66.5. The Morgan fingerprint density at radius 2 is 0.852 bits per heavy atom. The third-order valence-electron chi connectivity index (χ3n) is 11.6. The normalized spacial score (nSPS) is 11.7. The molecule has 0 bridgehead atoms. The molecule has 0 saturated carbocycles. The summed E-state index contributed by atoms with van der Waals surface area (Å²) in [5.41, 5.74) is 12.0. The average Bonchev–Trinajstić information content (AvgIpc) is 3.88. The van der Waals surface area contributed by atoms with Gasteiger partial charge >= 0.3 is 0 Å². The zero-order chi connectivity index (χ0) is 40.4. The van der Waals surface area contributed by atoms with Gasteiger partial charge in [-0.25, -0.2) is 15.0 Å². The Morgan fingerprint density at radius 3 is 1.69 bits per heavy atom. The Labute approximate surface area is 355 Å². The van der Waals surface area contributed by atoms with E-state index in [2.05, 4.69) is 127 Å². The van der Waals surface area contributed by atoms with Crippen LogP contribution in [0.4, 0.5) is 0 Å². The Hall–Kier alpha value is -7.86. The number of furan rings is 2. The third kappa shape index (κ3) is 6.05. The van der Waals surface area contributed by atoms with Gasteiger partial charge in [0.25, 0.3) is 0 Å². The highest BCUT2D eigenvalue weighted by Gasteiger charge is 2.20. The van der Waals surface area contributed by atoms with Crippen molar-refractivity contribution in [1.82, 2.24) is 15.0 Å². The van der Waals surface area contributed by atoms with E-state index in [0.29, 0.717) is 33.7 Å². The third-order valence-corrected chi connectivity index (χ3v) is 12.0. The molecule has 0 N–H and O–H groups in total. The number of fused-ring (bicyclic) bond motifs is 7. The number of benzene rings is 9. The van der Waals surface area contributed by atoms with Gasteiger partial charge in [0, 0.05) is 49.9 Å². The number of rotatable bonds is 6. The zero-order valence-corrected chi connectivity index (χ0v) is 33.3. The van der Waals surface area contributed by atoms with Crippen molar-refractivity contribution in [2.24, 2.45) is 0 Å². The van der Waals surface area contributed by atoms with E-state index in [1.54, 1.807) is 0 Å². The minimum absolute atomic E-state index is 0.529. The van der Waals surface area contributed by atoms with Crippen LogP contribution in [0.1, 0.15) is 0 Å². The van der Waals surface area contributed by atoms with E-state index >= 15 is 0 Å². The number of hydrogen-bond acceptors (Lipinski definition) is 5. The molecule has 6 heteroatoms. The van der Waals surface area contributed by atoms with E-state index < -0.39 is 0 Å². The van der Waals surface area contributed by atoms with Crippen LogP contribution in [0.25, 0.3) is 122 Å². The maximum Gasteiger partial charge on any atom is 0.164 e. The van der Waals surface area contributed by atoms with Crippen molar-refractivity contribution in [1.29, 1.82) is 0 Å². The minimum atomic E-state index is 0.529. The van der Waals surface area contributed by atoms with Gasteiger partial charge in [-0.15, -0.1) is 0 Å². The first-order chi connectivity index (χ1) is 30.1. The van der Waals surface area contributed by atoms with E-state index in [-0.39, 0.29) is 0 Å². The van der Waals surface area contributed by atoms with Crippen molar-refractivity contribution in [2.45, 2.75) is 0 Å². The summed E-state index contributed by atoms with van der Waals surface area (Å²) in [5.74, 6) is 1.62. The summed E-state index contributed by atoms with van der Waals surface area (Å²) < 4.78 is 12.8. The highest BCUT2D eigenvalue weighted by Crippen LogP contribution is 2.42. The molecule has 286 valence electrons. The Morgan fingerprint density at radius 1 is 0.311 bits per heavy atom. The van der Waals surface area contributed by atoms with Crippen LogP contribution in [-0.4, -0.2) is 15.0 Å². The lowest BCUT2D eigenvalue weighted by atomic mass is 9.95. The lowest BCUT2D eigenvalue weighted by molar-refractivity contribution is 0.668. The van der Waals surface area contributed by atoms with Gasteiger partial charge in [-0.05, 0) is 68.9 Å². The molecule has 3 aromatic heterocycles. The fourth-order valence-electron chi connectivity index (χ4n) is 8.62. The van der Waals surface area contributed by atoms with Crippen LogP contribution in [0.2, 0.25) is 5.02 Å². The number of halogens is 1. The second-order valence-electron chi connectivity index (χ2n) is 15.3. The molecule has 12 rings (SSSR count). The summed E-state index contributed by atoms with van der Waals surface area (Å²) in [4.78, 5) is 15.5. The monoisotopic (exact) mass is 801 g/mol. The highest BCUT2D eigenvalue weighted by molar-refractivity contribution is 6.34. The van der Waals surface area contributed by atoms with Crippen LogP contribution in [-0.2, 0) is 0 Å².